The summed E-state index contributed by atoms with van der Waals surface area (Å²) in [7, 11) is 3.46. The van der Waals surface area contributed by atoms with E-state index in [4.69, 9.17) is 9.15 Å². The molecule has 0 fully saturated rings. The predicted octanol–water partition coefficient (Wildman–Crippen LogP) is 4.16. The third-order valence-electron chi connectivity index (χ3n) is 4.95. The van der Waals surface area contributed by atoms with Crippen molar-refractivity contribution in [3.63, 3.8) is 0 Å². The van der Waals surface area contributed by atoms with E-state index in [2.05, 4.69) is 15.6 Å². The van der Waals surface area contributed by atoms with Crippen LogP contribution in [0.25, 0.3) is 0 Å². The molecular formula is C23H22N4O4S. The van der Waals surface area contributed by atoms with E-state index >= 15 is 0 Å². The Balaban J connectivity index is 1.61. The van der Waals surface area contributed by atoms with Crippen molar-refractivity contribution in [1.82, 2.24) is 14.9 Å². The number of thiophene rings is 1. The molecule has 0 radical (unpaired) electrons. The summed E-state index contributed by atoms with van der Waals surface area (Å²) in [4.78, 5) is 30.5. The van der Waals surface area contributed by atoms with Gasteiger partial charge in [-0.2, -0.15) is 0 Å². The van der Waals surface area contributed by atoms with Crippen molar-refractivity contribution in [2.75, 3.05) is 12.4 Å². The number of carbonyl (C=O) groups excluding carboxylic acids is 2. The lowest BCUT2D eigenvalue weighted by molar-refractivity contribution is 0.0943. The number of aromatic nitrogens is 2. The zero-order valence-corrected chi connectivity index (χ0v) is 18.6. The maximum absolute atomic E-state index is 13.3. The van der Waals surface area contributed by atoms with Gasteiger partial charge in [0.15, 0.2) is 5.76 Å². The van der Waals surface area contributed by atoms with E-state index in [9.17, 15) is 9.59 Å². The van der Waals surface area contributed by atoms with Crippen LogP contribution < -0.4 is 15.4 Å². The zero-order valence-electron chi connectivity index (χ0n) is 17.8. The van der Waals surface area contributed by atoms with Crippen molar-refractivity contribution in [1.29, 1.82) is 0 Å². The van der Waals surface area contributed by atoms with Gasteiger partial charge in [-0.05, 0) is 36.8 Å². The molecule has 4 aromatic rings. The van der Waals surface area contributed by atoms with Crippen molar-refractivity contribution in [3.05, 3.63) is 88.7 Å². The molecule has 3 heterocycles. The molecule has 0 bridgehead atoms. The fourth-order valence-corrected chi connectivity index (χ4v) is 4.36. The molecule has 0 saturated carbocycles. The summed E-state index contributed by atoms with van der Waals surface area (Å²) in [6, 6.07) is 12.0. The highest BCUT2D eigenvalue weighted by Gasteiger charge is 2.26. The molecule has 0 aliphatic heterocycles. The topological polar surface area (TPSA) is 98.4 Å². The number of anilines is 1. The molecule has 0 aliphatic carbocycles. The molecule has 0 aliphatic rings. The van der Waals surface area contributed by atoms with Crippen LogP contribution in [0.15, 0.2) is 65.5 Å². The molecule has 4 rings (SSSR count). The van der Waals surface area contributed by atoms with Crippen LogP contribution in [0.4, 0.5) is 5.00 Å². The molecule has 0 spiro atoms. The fourth-order valence-electron chi connectivity index (χ4n) is 3.39. The number of hydrogen-bond donors (Lipinski definition) is 2. The second-order valence-corrected chi connectivity index (χ2v) is 8.15. The highest BCUT2D eigenvalue weighted by molar-refractivity contribution is 7.18. The molecule has 3 aromatic heterocycles. The first-order chi connectivity index (χ1) is 15.5. The van der Waals surface area contributed by atoms with Crippen LogP contribution >= 0.6 is 11.3 Å². The standard InChI is InChI=1S/C23H22N4O4S/c1-14-13-18(25-22(28)17-9-6-12-31-17)32-20(14)23(29)26-19(21-24-10-11-27(21)2)15-7-4-5-8-16(15)30-3/h4-13,19H,1-3H3,(H,25,28)(H,26,29). The van der Waals surface area contributed by atoms with Crippen LogP contribution in [-0.4, -0.2) is 28.5 Å². The van der Waals surface area contributed by atoms with Crippen LogP contribution in [0.5, 0.6) is 5.75 Å². The third kappa shape index (κ3) is 4.28. The van der Waals surface area contributed by atoms with E-state index in [0.717, 1.165) is 11.1 Å². The minimum atomic E-state index is -0.527. The summed E-state index contributed by atoms with van der Waals surface area (Å²) < 4.78 is 12.5. The van der Waals surface area contributed by atoms with Gasteiger partial charge < -0.3 is 24.4 Å². The molecule has 2 N–H and O–H groups in total. The molecule has 32 heavy (non-hydrogen) atoms. The summed E-state index contributed by atoms with van der Waals surface area (Å²) in [5.41, 5.74) is 1.54. The summed E-state index contributed by atoms with van der Waals surface area (Å²) in [6.45, 7) is 1.83. The van der Waals surface area contributed by atoms with E-state index in [1.165, 1.54) is 17.6 Å². The van der Waals surface area contributed by atoms with Crippen molar-refractivity contribution in [2.45, 2.75) is 13.0 Å². The van der Waals surface area contributed by atoms with Gasteiger partial charge in [-0.15, -0.1) is 11.3 Å². The van der Waals surface area contributed by atoms with Gasteiger partial charge in [-0.1, -0.05) is 18.2 Å². The molecule has 1 atom stereocenters. The molecule has 8 nitrogen and oxygen atoms in total. The number of para-hydroxylation sites is 1. The van der Waals surface area contributed by atoms with Crippen LogP contribution in [0.1, 0.15) is 43.2 Å². The van der Waals surface area contributed by atoms with E-state index in [0.29, 0.717) is 21.5 Å². The lowest BCUT2D eigenvalue weighted by Gasteiger charge is -2.21. The van der Waals surface area contributed by atoms with Gasteiger partial charge in [0.25, 0.3) is 11.8 Å². The molecular weight excluding hydrogens is 428 g/mol. The van der Waals surface area contributed by atoms with Gasteiger partial charge in [0, 0.05) is 25.0 Å². The number of nitrogens with zero attached hydrogens (tertiary/aromatic N) is 2. The number of carbonyl (C=O) groups is 2. The first-order valence-electron chi connectivity index (χ1n) is 9.84. The Bertz CT molecular complexity index is 1240. The van der Waals surface area contributed by atoms with Crippen LogP contribution in [0.3, 0.4) is 0 Å². The summed E-state index contributed by atoms with van der Waals surface area (Å²) in [6.07, 6.45) is 4.94. The number of amides is 2. The lowest BCUT2D eigenvalue weighted by atomic mass is 10.0. The predicted molar refractivity (Wildman–Crippen MR) is 121 cm³/mol. The summed E-state index contributed by atoms with van der Waals surface area (Å²) in [5, 5.41) is 6.40. The first-order valence-corrected chi connectivity index (χ1v) is 10.7. The third-order valence-corrected chi connectivity index (χ3v) is 6.10. The maximum Gasteiger partial charge on any atom is 0.291 e. The Labute approximate surface area is 188 Å². The van der Waals surface area contributed by atoms with Crippen molar-refractivity contribution in [3.8, 4) is 5.75 Å². The summed E-state index contributed by atoms with van der Waals surface area (Å²) in [5.74, 6) is 0.875. The number of aryl methyl sites for hydroxylation is 2. The average Bonchev–Trinajstić information content (AvgIpc) is 3.54. The van der Waals surface area contributed by atoms with E-state index < -0.39 is 6.04 Å². The van der Waals surface area contributed by atoms with Crippen molar-refractivity contribution < 1.29 is 18.7 Å². The Hall–Kier alpha value is -3.85. The number of nitrogens with one attached hydrogen (secondary N) is 2. The number of ether oxygens (including phenoxy) is 1. The quantitative estimate of drug-likeness (QED) is 0.441. The van der Waals surface area contributed by atoms with E-state index in [-0.39, 0.29) is 17.6 Å². The molecule has 164 valence electrons. The lowest BCUT2D eigenvalue weighted by Crippen LogP contribution is -2.31. The normalized spacial score (nSPS) is 11.7. The Morgan fingerprint density at radius 2 is 2.00 bits per heavy atom. The highest BCUT2D eigenvalue weighted by atomic mass is 32.1. The first kappa shape index (κ1) is 21.4. The molecule has 1 unspecified atom stereocenters. The molecule has 1 aromatic carbocycles. The van der Waals surface area contributed by atoms with Gasteiger partial charge in [-0.25, -0.2) is 4.98 Å². The number of methoxy groups -OCH3 is 1. The highest BCUT2D eigenvalue weighted by Crippen LogP contribution is 2.31. The van der Waals surface area contributed by atoms with E-state index in [1.807, 2.05) is 49.0 Å². The number of rotatable bonds is 7. The number of hydrogen-bond acceptors (Lipinski definition) is 6. The Morgan fingerprint density at radius 3 is 2.69 bits per heavy atom. The number of imidazole rings is 1. The Kier molecular flexibility index (Phi) is 6.09. The monoisotopic (exact) mass is 450 g/mol. The van der Waals surface area contributed by atoms with Gasteiger partial charge in [-0.3, -0.25) is 9.59 Å². The van der Waals surface area contributed by atoms with Gasteiger partial charge in [0.1, 0.15) is 17.6 Å². The SMILES string of the molecule is COc1ccccc1C(NC(=O)c1sc(NC(=O)c2ccco2)cc1C)c1nccn1C. The van der Waals surface area contributed by atoms with Crippen LogP contribution in [0, 0.1) is 6.92 Å². The zero-order chi connectivity index (χ0) is 22.7. The van der Waals surface area contributed by atoms with Gasteiger partial charge >= 0.3 is 0 Å². The fraction of sp³-hybridized carbons (Fsp3) is 0.174. The maximum atomic E-state index is 13.3. The largest absolute Gasteiger partial charge is 0.496 e. The van der Waals surface area contributed by atoms with Gasteiger partial charge in [0.05, 0.1) is 23.3 Å². The number of benzene rings is 1. The van der Waals surface area contributed by atoms with Crippen molar-refractivity contribution >= 4 is 28.2 Å². The van der Waals surface area contributed by atoms with E-state index in [1.54, 1.807) is 31.5 Å². The smallest absolute Gasteiger partial charge is 0.291 e. The molecule has 2 amide bonds. The van der Waals surface area contributed by atoms with Crippen LogP contribution in [-0.2, 0) is 7.05 Å². The second-order valence-electron chi connectivity index (χ2n) is 7.10. The molecule has 9 heteroatoms. The summed E-state index contributed by atoms with van der Waals surface area (Å²) >= 11 is 1.20. The molecule has 0 saturated heterocycles. The Morgan fingerprint density at radius 1 is 1.19 bits per heavy atom. The van der Waals surface area contributed by atoms with Crippen molar-refractivity contribution in [2.24, 2.45) is 7.05 Å². The average molecular weight is 451 g/mol. The second kappa shape index (κ2) is 9.11. The minimum Gasteiger partial charge on any atom is -0.496 e. The minimum absolute atomic E-state index is 0.202. The number of furan rings is 1. The van der Waals surface area contributed by atoms with Crippen LogP contribution in [0.2, 0.25) is 0 Å². The van der Waals surface area contributed by atoms with Gasteiger partial charge in [0.2, 0.25) is 0 Å².